The van der Waals surface area contributed by atoms with Crippen LogP contribution in [0.3, 0.4) is 0 Å². The number of nitrogens with zero attached hydrogens (tertiary/aromatic N) is 1. The Hall–Kier alpha value is -1.91. The summed E-state index contributed by atoms with van der Waals surface area (Å²) in [6.07, 6.45) is 3.70. The molecule has 1 aliphatic heterocycles. The number of hydrogen-bond acceptors (Lipinski definition) is 3. The van der Waals surface area contributed by atoms with Crippen LogP contribution in [0.5, 0.6) is 0 Å². The van der Waals surface area contributed by atoms with Crippen molar-refractivity contribution in [3.8, 4) is 0 Å². The van der Waals surface area contributed by atoms with Crippen LogP contribution >= 0.6 is 0 Å². The number of nitrogens with one attached hydrogen (secondary N) is 2. The van der Waals surface area contributed by atoms with Gasteiger partial charge in [-0.2, -0.15) is 0 Å². The summed E-state index contributed by atoms with van der Waals surface area (Å²) >= 11 is 0. The minimum atomic E-state index is -0.119. The third kappa shape index (κ3) is 3.53. The fraction of sp³-hybridized carbons (Fsp3) is 0.500. The Morgan fingerprint density at radius 2 is 2.42 bits per heavy atom. The molecule has 0 saturated carbocycles. The highest BCUT2D eigenvalue weighted by Gasteiger charge is 2.24. The topological polar surface area (TPSA) is 71.1 Å². The predicted octanol–water partition coefficient (Wildman–Crippen LogP) is 0.786. The molecule has 1 aliphatic rings. The molecular formula is C14H19N3O2. The number of rotatable bonds is 4. The monoisotopic (exact) mass is 261 g/mol. The largest absolute Gasteiger partial charge is 0.355 e. The maximum atomic E-state index is 12.0. The van der Waals surface area contributed by atoms with Gasteiger partial charge in [-0.05, 0) is 24.5 Å². The second-order valence-electron chi connectivity index (χ2n) is 4.72. The number of piperidine rings is 1. The highest BCUT2D eigenvalue weighted by molar-refractivity contribution is 5.83. The third-order valence-electron chi connectivity index (χ3n) is 3.43. The number of pyridine rings is 1. The van der Waals surface area contributed by atoms with Gasteiger partial charge in [0, 0.05) is 19.2 Å². The van der Waals surface area contributed by atoms with Crippen LogP contribution in [-0.4, -0.2) is 23.3 Å². The molecule has 0 radical (unpaired) electrons. The zero-order chi connectivity index (χ0) is 13.7. The standard InChI is InChI=1S/C14H19N3O2/c1-2-10-4-3-7-15-12(10)9-17-14(19)11-5-6-13(18)16-8-11/h3-4,7,11H,2,5-6,8-9H2,1H3,(H,16,18)(H,17,19). The first kappa shape index (κ1) is 13.5. The number of aryl methyl sites for hydroxylation is 1. The van der Waals surface area contributed by atoms with E-state index >= 15 is 0 Å². The number of aromatic nitrogens is 1. The predicted molar refractivity (Wildman–Crippen MR) is 71.2 cm³/mol. The Kier molecular flexibility index (Phi) is 4.49. The summed E-state index contributed by atoms with van der Waals surface area (Å²) in [4.78, 5) is 27.3. The zero-order valence-corrected chi connectivity index (χ0v) is 11.1. The Labute approximate surface area is 112 Å². The zero-order valence-electron chi connectivity index (χ0n) is 11.1. The minimum Gasteiger partial charge on any atom is -0.355 e. The van der Waals surface area contributed by atoms with E-state index in [1.807, 2.05) is 12.1 Å². The fourth-order valence-electron chi connectivity index (χ4n) is 2.22. The van der Waals surface area contributed by atoms with E-state index in [-0.39, 0.29) is 17.7 Å². The summed E-state index contributed by atoms with van der Waals surface area (Å²) in [6, 6.07) is 3.93. The van der Waals surface area contributed by atoms with Gasteiger partial charge in [-0.1, -0.05) is 13.0 Å². The van der Waals surface area contributed by atoms with Gasteiger partial charge in [-0.3, -0.25) is 14.6 Å². The van der Waals surface area contributed by atoms with Crippen molar-refractivity contribution in [3.05, 3.63) is 29.6 Å². The number of carbonyl (C=O) groups excluding carboxylic acids is 2. The van der Waals surface area contributed by atoms with Gasteiger partial charge in [0.25, 0.3) is 0 Å². The average molecular weight is 261 g/mol. The Morgan fingerprint density at radius 3 is 3.11 bits per heavy atom. The molecule has 5 nitrogen and oxygen atoms in total. The molecule has 2 N–H and O–H groups in total. The van der Waals surface area contributed by atoms with Gasteiger partial charge < -0.3 is 10.6 Å². The van der Waals surface area contributed by atoms with Crippen LogP contribution in [0.25, 0.3) is 0 Å². The van der Waals surface area contributed by atoms with Gasteiger partial charge in [0.1, 0.15) is 0 Å². The van der Waals surface area contributed by atoms with Gasteiger partial charge in [0.2, 0.25) is 11.8 Å². The second-order valence-corrected chi connectivity index (χ2v) is 4.72. The lowest BCUT2D eigenvalue weighted by Crippen LogP contribution is -2.42. The first-order chi connectivity index (χ1) is 9.20. The van der Waals surface area contributed by atoms with Crippen LogP contribution in [0.2, 0.25) is 0 Å². The number of hydrogen-bond donors (Lipinski definition) is 2. The fourth-order valence-corrected chi connectivity index (χ4v) is 2.22. The van der Waals surface area contributed by atoms with Crippen LogP contribution < -0.4 is 10.6 Å². The molecular weight excluding hydrogens is 242 g/mol. The molecule has 0 bridgehead atoms. The molecule has 0 aromatic carbocycles. The van der Waals surface area contributed by atoms with E-state index in [9.17, 15) is 9.59 Å². The van der Waals surface area contributed by atoms with E-state index in [2.05, 4.69) is 22.5 Å². The molecule has 1 unspecified atom stereocenters. The molecule has 0 spiro atoms. The molecule has 1 fully saturated rings. The maximum absolute atomic E-state index is 12.0. The molecule has 1 aromatic rings. The van der Waals surface area contributed by atoms with Crippen molar-refractivity contribution < 1.29 is 9.59 Å². The Balaban J connectivity index is 1.88. The molecule has 2 heterocycles. The van der Waals surface area contributed by atoms with Crippen molar-refractivity contribution in [1.29, 1.82) is 0 Å². The average Bonchev–Trinajstić information content (AvgIpc) is 2.45. The van der Waals surface area contributed by atoms with E-state index in [4.69, 9.17) is 0 Å². The van der Waals surface area contributed by atoms with E-state index in [0.29, 0.717) is 25.9 Å². The first-order valence-electron chi connectivity index (χ1n) is 6.68. The summed E-state index contributed by atoms with van der Waals surface area (Å²) in [5, 5.41) is 5.62. The molecule has 2 rings (SSSR count). The van der Waals surface area contributed by atoms with Crippen LogP contribution in [0.1, 0.15) is 31.0 Å². The molecule has 5 heteroatoms. The van der Waals surface area contributed by atoms with Crippen molar-refractivity contribution >= 4 is 11.8 Å². The molecule has 1 saturated heterocycles. The van der Waals surface area contributed by atoms with E-state index < -0.39 is 0 Å². The molecule has 0 aliphatic carbocycles. The summed E-state index contributed by atoms with van der Waals surface area (Å²) in [5.74, 6) is -0.0961. The van der Waals surface area contributed by atoms with Crippen molar-refractivity contribution in [2.75, 3.05) is 6.54 Å². The Bertz CT molecular complexity index is 464. The lowest BCUT2D eigenvalue weighted by molar-refractivity contribution is -0.129. The quantitative estimate of drug-likeness (QED) is 0.841. The molecule has 2 amide bonds. The van der Waals surface area contributed by atoms with Gasteiger partial charge in [0.05, 0.1) is 18.2 Å². The van der Waals surface area contributed by atoms with E-state index in [1.54, 1.807) is 6.20 Å². The lowest BCUT2D eigenvalue weighted by Gasteiger charge is -2.21. The van der Waals surface area contributed by atoms with Crippen molar-refractivity contribution in [3.63, 3.8) is 0 Å². The number of amides is 2. The van der Waals surface area contributed by atoms with Crippen LogP contribution in [0, 0.1) is 5.92 Å². The highest BCUT2D eigenvalue weighted by Crippen LogP contribution is 2.11. The summed E-state index contributed by atoms with van der Waals surface area (Å²) < 4.78 is 0. The van der Waals surface area contributed by atoms with Crippen LogP contribution in [0.4, 0.5) is 0 Å². The molecule has 1 atom stereocenters. The summed E-state index contributed by atoms with van der Waals surface area (Å²) in [6.45, 7) is 2.96. The van der Waals surface area contributed by atoms with Crippen molar-refractivity contribution in [2.24, 2.45) is 5.92 Å². The summed E-state index contributed by atoms with van der Waals surface area (Å²) in [7, 11) is 0. The normalized spacial score (nSPS) is 18.8. The van der Waals surface area contributed by atoms with Crippen LogP contribution in [-0.2, 0) is 22.6 Å². The van der Waals surface area contributed by atoms with E-state index in [1.165, 1.54) is 0 Å². The van der Waals surface area contributed by atoms with Gasteiger partial charge >= 0.3 is 0 Å². The smallest absolute Gasteiger partial charge is 0.225 e. The highest BCUT2D eigenvalue weighted by atomic mass is 16.2. The molecule has 1 aromatic heterocycles. The van der Waals surface area contributed by atoms with Gasteiger partial charge in [-0.15, -0.1) is 0 Å². The van der Waals surface area contributed by atoms with Crippen molar-refractivity contribution in [1.82, 2.24) is 15.6 Å². The second kappa shape index (κ2) is 6.31. The molecule has 102 valence electrons. The van der Waals surface area contributed by atoms with E-state index in [0.717, 1.165) is 17.7 Å². The Morgan fingerprint density at radius 1 is 1.58 bits per heavy atom. The van der Waals surface area contributed by atoms with Gasteiger partial charge in [0.15, 0.2) is 0 Å². The maximum Gasteiger partial charge on any atom is 0.225 e. The summed E-state index contributed by atoms with van der Waals surface area (Å²) in [5.41, 5.74) is 2.07. The van der Waals surface area contributed by atoms with Crippen molar-refractivity contribution in [2.45, 2.75) is 32.7 Å². The number of carbonyl (C=O) groups is 2. The third-order valence-corrected chi connectivity index (χ3v) is 3.43. The SMILES string of the molecule is CCc1cccnc1CNC(=O)C1CCC(=O)NC1. The minimum absolute atomic E-state index is 0.00675. The lowest BCUT2D eigenvalue weighted by atomic mass is 9.98. The van der Waals surface area contributed by atoms with Gasteiger partial charge in [-0.25, -0.2) is 0 Å². The van der Waals surface area contributed by atoms with Crippen LogP contribution in [0.15, 0.2) is 18.3 Å². The first-order valence-corrected chi connectivity index (χ1v) is 6.68. The molecule has 19 heavy (non-hydrogen) atoms.